The molecule has 1 aliphatic rings. The van der Waals surface area contributed by atoms with Gasteiger partial charge in [-0.2, -0.15) is 0 Å². The van der Waals surface area contributed by atoms with E-state index >= 15 is 0 Å². The van der Waals surface area contributed by atoms with Gasteiger partial charge in [0.1, 0.15) is 6.61 Å². The van der Waals surface area contributed by atoms with E-state index in [0.717, 1.165) is 44.3 Å². The van der Waals surface area contributed by atoms with Crippen molar-refractivity contribution in [1.82, 2.24) is 14.9 Å². The minimum atomic E-state index is -0.559. The molecule has 2 N–H and O–H groups in total. The van der Waals surface area contributed by atoms with Gasteiger partial charge >= 0.3 is 6.09 Å². The summed E-state index contributed by atoms with van der Waals surface area (Å²) in [6.45, 7) is 6.23. The summed E-state index contributed by atoms with van der Waals surface area (Å²) in [5, 5.41) is 13.3. The number of ether oxygens (including phenoxy) is 3. The zero-order valence-electron chi connectivity index (χ0n) is 24.4. The zero-order chi connectivity index (χ0) is 30.2. The van der Waals surface area contributed by atoms with Gasteiger partial charge in [0, 0.05) is 43.2 Å². The standard InChI is InChI=1S/C34H37N3O5S/c1-4-19-40-34(39)36-20-28-7-5-6-8-29(28)25-13-15-27(16-14-25)32-41-30(22-43-33-35-17-18-37(33)3)23(2)31(42-32)26-11-9-24(21-38)10-12-26/h4-18,23,30-32,38H,1,19-22H2,2-3H3,(H,36,39). The summed E-state index contributed by atoms with van der Waals surface area (Å²) in [6, 6.07) is 24.1. The molecule has 1 amide bonds. The molecule has 8 nitrogen and oxygen atoms in total. The maximum absolute atomic E-state index is 12.0. The van der Waals surface area contributed by atoms with Crippen molar-refractivity contribution in [3.63, 3.8) is 0 Å². The monoisotopic (exact) mass is 599 g/mol. The maximum Gasteiger partial charge on any atom is 0.407 e. The molecule has 4 atom stereocenters. The molecule has 9 heteroatoms. The minimum Gasteiger partial charge on any atom is -0.445 e. The molecule has 4 aromatic rings. The molecule has 4 unspecified atom stereocenters. The summed E-state index contributed by atoms with van der Waals surface area (Å²) in [5.74, 6) is 0.811. The molecule has 0 radical (unpaired) electrons. The zero-order valence-corrected chi connectivity index (χ0v) is 25.2. The first kappa shape index (κ1) is 30.6. The molecule has 1 aliphatic heterocycles. The number of nitrogens with one attached hydrogen (secondary N) is 1. The number of rotatable bonds is 11. The molecule has 0 saturated carbocycles. The Kier molecular flexibility index (Phi) is 10.3. The lowest BCUT2D eigenvalue weighted by Gasteiger charge is -2.41. The van der Waals surface area contributed by atoms with Gasteiger partial charge in [-0.3, -0.25) is 0 Å². The van der Waals surface area contributed by atoms with Crippen LogP contribution in [0.2, 0.25) is 0 Å². The Morgan fingerprint density at radius 2 is 1.84 bits per heavy atom. The smallest absolute Gasteiger partial charge is 0.407 e. The predicted octanol–water partition coefficient (Wildman–Crippen LogP) is 6.58. The summed E-state index contributed by atoms with van der Waals surface area (Å²) in [4.78, 5) is 16.4. The number of nitrogens with zero attached hydrogens (tertiary/aromatic N) is 2. The largest absolute Gasteiger partial charge is 0.445 e. The highest BCUT2D eigenvalue weighted by Gasteiger charge is 2.38. The number of carbonyl (C=O) groups is 1. The third-order valence-electron chi connectivity index (χ3n) is 7.54. The van der Waals surface area contributed by atoms with Crippen LogP contribution in [0.25, 0.3) is 11.1 Å². The van der Waals surface area contributed by atoms with Crippen LogP contribution in [0.4, 0.5) is 4.79 Å². The summed E-state index contributed by atoms with van der Waals surface area (Å²) in [5.41, 5.74) is 5.84. The first-order valence-corrected chi connectivity index (χ1v) is 15.3. The van der Waals surface area contributed by atoms with Crippen molar-refractivity contribution in [1.29, 1.82) is 0 Å². The average molecular weight is 600 g/mol. The molecule has 2 heterocycles. The third kappa shape index (κ3) is 7.55. The van der Waals surface area contributed by atoms with E-state index < -0.39 is 12.4 Å². The van der Waals surface area contributed by atoms with Gasteiger partial charge in [0.2, 0.25) is 0 Å². The Balaban J connectivity index is 1.35. The van der Waals surface area contributed by atoms with Crippen molar-refractivity contribution >= 4 is 17.9 Å². The molecule has 1 aromatic heterocycles. The molecule has 224 valence electrons. The van der Waals surface area contributed by atoms with Crippen molar-refractivity contribution in [2.75, 3.05) is 12.4 Å². The van der Waals surface area contributed by atoms with E-state index in [1.165, 1.54) is 6.08 Å². The minimum absolute atomic E-state index is 0.000952. The van der Waals surface area contributed by atoms with Crippen LogP contribution >= 0.6 is 11.8 Å². The van der Waals surface area contributed by atoms with Crippen LogP contribution in [0, 0.1) is 5.92 Å². The van der Waals surface area contributed by atoms with Gasteiger partial charge in [-0.1, -0.05) is 104 Å². The van der Waals surface area contributed by atoms with E-state index in [-0.39, 0.29) is 31.3 Å². The van der Waals surface area contributed by atoms with Gasteiger partial charge in [0.15, 0.2) is 11.4 Å². The fourth-order valence-corrected chi connectivity index (χ4v) is 6.18. The lowest BCUT2D eigenvalue weighted by Crippen LogP contribution is -2.38. The second-order valence-electron chi connectivity index (χ2n) is 10.5. The highest BCUT2D eigenvalue weighted by atomic mass is 32.2. The number of aryl methyl sites for hydroxylation is 1. The molecular formula is C34H37N3O5S. The van der Waals surface area contributed by atoms with Crippen molar-refractivity contribution in [2.45, 2.75) is 43.7 Å². The number of benzene rings is 3. The number of alkyl carbamates (subject to hydrolysis) is 1. The molecule has 3 aromatic carbocycles. The van der Waals surface area contributed by atoms with Crippen molar-refractivity contribution < 1.29 is 24.1 Å². The summed E-state index contributed by atoms with van der Waals surface area (Å²) < 4.78 is 20.3. The molecular weight excluding hydrogens is 562 g/mol. The molecule has 43 heavy (non-hydrogen) atoms. The van der Waals surface area contributed by atoms with Gasteiger partial charge in [0.25, 0.3) is 0 Å². The van der Waals surface area contributed by atoms with E-state index in [4.69, 9.17) is 14.2 Å². The number of aliphatic hydroxyl groups is 1. The van der Waals surface area contributed by atoms with Gasteiger partial charge in [0.05, 0.1) is 18.8 Å². The second-order valence-corrected chi connectivity index (χ2v) is 11.5. The van der Waals surface area contributed by atoms with Crippen LogP contribution in [0.1, 0.15) is 41.6 Å². The number of aromatic nitrogens is 2. The highest BCUT2D eigenvalue weighted by molar-refractivity contribution is 7.99. The number of aliphatic hydroxyl groups excluding tert-OH is 1. The average Bonchev–Trinajstić information content (AvgIpc) is 3.46. The van der Waals surface area contributed by atoms with E-state index in [1.807, 2.05) is 78.5 Å². The molecule has 0 aliphatic carbocycles. The molecule has 0 spiro atoms. The first-order chi connectivity index (χ1) is 21.0. The Labute approximate surface area is 256 Å². The second kappa shape index (κ2) is 14.5. The van der Waals surface area contributed by atoms with Crippen molar-refractivity contribution in [3.8, 4) is 11.1 Å². The van der Waals surface area contributed by atoms with Crippen molar-refractivity contribution in [2.24, 2.45) is 13.0 Å². The predicted molar refractivity (Wildman–Crippen MR) is 167 cm³/mol. The van der Waals surface area contributed by atoms with Crippen molar-refractivity contribution in [3.05, 3.63) is 120 Å². The van der Waals surface area contributed by atoms with Crippen LogP contribution in [-0.2, 0) is 34.4 Å². The lowest BCUT2D eigenvalue weighted by molar-refractivity contribution is -0.268. The van der Waals surface area contributed by atoms with Gasteiger partial charge in [-0.15, -0.1) is 0 Å². The van der Waals surface area contributed by atoms with Gasteiger partial charge in [-0.25, -0.2) is 9.78 Å². The van der Waals surface area contributed by atoms with E-state index in [2.05, 4.69) is 35.9 Å². The third-order valence-corrected chi connectivity index (χ3v) is 8.69. The van der Waals surface area contributed by atoms with Crippen LogP contribution in [0.3, 0.4) is 0 Å². The highest BCUT2D eigenvalue weighted by Crippen LogP contribution is 2.43. The van der Waals surface area contributed by atoms with Crippen LogP contribution in [0.5, 0.6) is 0 Å². The van der Waals surface area contributed by atoms with Crippen LogP contribution in [-0.4, -0.2) is 39.2 Å². The fraction of sp³-hybridized carbons (Fsp3) is 0.294. The van der Waals surface area contributed by atoms with E-state index in [9.17, 15) is 9.90 Å². The topological polar surface area (TPSA) is 94.8 Å². The molecule has 5 rings (SSSR count). The number of carbonyl (C=O) groups excluding carboxylic acids is 1. The molecule has 1 saturated heterocycles. The Morgan fingerprint density at radius 3 is 2.53 bits per heavy atom. The number of hydrogen-bond donors (Lipinski definition) is 2. The van der Waals surface area contributed by atoms with Gasteiger partial charge < -0.3 is 29.2 Å². The Morgan fingerprint density at radius 1 is 1.09 bits per heavy atom. The van der Waals surface area contributed by atoms with E-state index in [0.29, 0.717) is 6.54 Å². The Hall–Kier alpha value is -3.89. The summed E-state index contributed by atoms with van der Waals surface area (Å²) >= 11 is 1.67. The van der Waals surface area contributed by atoms with Crippen LogP contribution < -0.4 is 5.32 Å². The number of hydrogen-bond acceptors (Lipinski definition) is 7. The molecule has 1 fully saturated rings. The SMILES string of the molecule is C=CCOC(=O)NCc1ccccc1-c1ccc(C2OC(CSc3nccn3C)C(C)C(c3ccc(CO)cc3)O2)cc1. The van der Waals surface area contributed by atoms with Gasteiger partial charge in [-0.05, 0) is 27.8 Å². The number of amides is 1. The number of thioether (sulfide) groups is 1. The quantitative estimate of drug-likeness (QED) is 0.149. The maximum atomic E-state index is 12.0. The summed E-state index contributed by atoms with van der Waals surface area (Å²) in [6.07, 6.45) is 3.95. The summed E-state index contributed by atoms with van der Waals surface area (Å²) in [7, 11) is 1.99. The number of imidazole rings is 1. The lowest BCUT2D eigenvalue weighted by atomic mass is 9.91. The van der Waals surface area contributed by atoms with Crippen LogP contribution in [0.15, 0.2) is 103 Å². The van der Waals surface area contributed by atoms with E-state index in [1.54, 1.807) is 18.0 Å². The first-order valence-electron chi connectivity index (χ1n) is 14.3. The normalized spacial score (nSPS) is 20.0. The molecule has 0 bridgehead atoms. The fourth-order valence-electron chi connectivity index (χ4n) is 5.09. The Bertz CT molecular complexity index is 1510.